The molecule has 0 N–H and O–H groups in total. The monoisotopic (exact) mass is 500 g/mol. The van der Waals surface area contributed by atoms with Crippen LogP contribution in [0.25, 0.3) is 22.0 Å². The summed E-state index contributed by atoms with van der Waals surface area (Å²) in [5.74, 6) is -0.346. The van der Waals surface area contributed by atoms with E-state index in [-0.39, 0.29) is 29.2 Å². The fraction of sp³-hybridized carbons (Fsp3) is 0.292. The third-order valence-corrected chi connectivity index (χ3v) is 8.20. The number of fused-ring (bicyclic) bond motifs is 2. The van der Waals surface area contributed by atoms with Gasteiger partial charge in [0.25, 0.3) is 0 Å². The molecule has 0 saturated carbocycles. The second-order valence-electron chi connectivity index (χ2n) is 8.70. The Kier molecular flexibility index (Phi) is 4.97. The van der Waals surface area contributed by atoms with Crippen molar-refractivity contribution in [3.63, 3.8) is 0 Å². The number of amides is 1. The van der Waals surface area contributed by atoms with Gasteiger partial charge in [0.15, 0.2) is 0 Å². The molecule has 2 aromatic carbocycles. The molecule has 1 unspecified atom stereocenters. The first-order valence-corrected chi connectivity index (χ1v) is 12.3. The van der Waals surface area contributed by atoms with Crippen LogP contribution in [0.4, 0.5) is 14.6 Å². The van der Waals surface area contributed by atoms with E-state index in [9.17, 15) is 18.4 Å². The summed E-state index contributed by atoms with van der Waals surface area (Å²) in [6, 6.07) is 5.19. The maximum absolute atomic E-state index is 14.7. The molecule has 10 heteroatoms. The zero-order valence-corrected chi connectivity index (χ0v) is 19.5. The van der Waals surface area contributed by atoms with E-state index in [0.717, 1.165) is 12.5 Å². The number of thioether (sulfide) groups is 1. The molecular formula is C24H19ClF2N4O2S. The lowest BCUT2D eigenvalue weighted by molar-refractivity contribution is -0.140. The third-order valence-electron chi connectivity index (χ3n) is 6.83. The summed E-state index contributed by atoms with van der Waals surface area (Å²) in [4.78, 5) is 34.2. The summed E-state index contributed by atoms with van der Waals surface area (Å²) < 4.78 is 29.9. The number of hydrogen-bond acceptors (Lipinski definition) is 5. The number of piperidine rings is 1. The van der Waals surface area contributed by atoms with Gasteiger partial charge < -0.3 is 9.80 Å². The van der Waals surface area contributed by atoms with E-state index >= 15 is 0 Å². The van der Waals surface area contributed by atoms with Crippen LogP contribution in [0.2, 0.25) is 5.02 Å². The van der Waals surface area contributed by atoms with E-state index in [4.69, 9.17) is 11.6 Å². The van der Waals surface area contributed by atoms with E-state index in [1.165, 1.54) is 30.0 Å². The molecule has 3 fully saturated rings. The van der Waals surface area contributed by atoms with Gasteiger partial charge in [0.05, 0.1) is 22.6 Å². The van der Waals surface area contributed by atoms with Crippen molar-refractivity contribution < 1.29 is 13.6 Å². The van der Waals surface area contributed by atoms with Crippen molar-refractivity contribution in [2.45, 2.75) is 29.9 Å². The van der Waals surface area contributed by atoms with Crippen LogP contribution >= 0.6 is 23.4 Å². The van der Waals surface area contributed by atoms with E-state index < -0.39 is 11.6 Å². The highest BCUT2D eigenvalue weighted by molar-refractivity contribution is 7.99. The summed E-state index contributed by atoms with van der Waals surface area (Å²) in [5, 5.41) is 1.02. The number of anilines is 1. The van der Waals surface area contributed by atoms with Gasteiger partial charge >= 0.3 is 5.69 Å². The molecule has 7 rings (SSSR count). The van der Waals surface area contributed by atoms with Crippen LogP contribution < -0.4 is 10.6 Å². The molecule has 4 aliphatic heterocycles. The topological polar surface area (TPSA) is 58.4 Å². The van der Waals surface area contributed by atoms with Gasteiger partial charge in [-0.05, 0) is 30.7 Å². The number of carbonyl (C=O) groups is 1. The Bertz CT molecular complexity index is 1450. The molecule has 174 valence electrons. The van der Waals surface area contributed by atoms with Crippen LogP contribution in [0, 0.1) is 11.6 Å². The second kappa shape index (κ2) is 7.81. The molecule has 1 aromatic heterocycles. The van der Waals surface area contributed by atoms with Crippen LogP contribution in [-0.2, 0) is 11.3 Å². The number of rotatable bonds is 3. The average molecular weight is 501 g/mol. The molecule has 2 bridgehead atoms. The average Bonchev–Trinajstić information content (AvgIpc) is 2.82. The van der Waals surface area contributed by atoms with E-state index in [2.05, 4.69) is 11.6 Å². The largest absolute Gasteiger partial charge is 0.352 e. The zero-order valence-electron chi connectivity index (χ0n) is 17.9. The molecule has 6 nitrogen and oxygen atoms in total. The minimum Gasteiger partial charge on any atom is -0.352 e. The maximum atomic E-state index is 14.7. The lowest BCUT2D eigenvalue weighted by Gasteiger charge is -2.56. The van der Waals surface area contributed by atoms with E-state index in [0.29, 0.717) is 57.6 Å². The maximum Gasteiger partial charge on any atom is 0.350 e. The van der Waals surface area contributed by atoms with Gasteiger partial charge in [0.1, 0.15) is 17.5 Å². The lowest BCUT2D eigenvalue weighted by Crippen LogP contribution is -2.70. The van der Waals surface area contributed by atoms with E-state index in [1.807, 2.05) is 9.80 Å². The Morgan fingerprint density at radius 1 is 1.24 bits per heavy atom. The summed E-state index contributed by atoms with van der Waals surface area (Å²) in [6.07, 6.45) is 2.23. The molecule has 2 atom stereocenters. The molecule has 3 saturated heterocycles. The predicted octanol–water partition coefficient (Wildman–Crippen LogP) is 4.08. The van der Waals surface area contributed by atoms with Gasteiger partial charge in [-0.15, -0.1) is 11.8 Å². The predicted molar refractivity (Wildman–Crippen MR) is 129 cm³/mol. The van der Waals surface area contributed by atoms with Crippen LogP contribution in [0.5, 0.6) is 0 Å². The van der Waals surface area contributed by atoms with Gasteiger partial charge in [-0.3, -0.25) is 9.36 Å². The van der Waals surface area contributed by atoms with Gasteiger partial charge in [-0.2, -0.15) is 4.98 Å². The minimum atomic E-state index is -0.713. The number of halogens is 3. The lowest BCUT2D eigenvalue weighted by atomic mass is 9.87. The zero-order chi connectivity index (χ0) is 23.7. The first-order chi connectivity index (χ1) is 16.4. The SMILES string of the molecule is C=CC(=O)N1C2C[C@H]1CN(c1nc(=O)n3c4c(c(-c5ccc(F)cc5F)c(Cl)cc14)SCC3)C2. The Morgan fingerprint density at radius 3 is 2.71 bits per heavy atom. The molecule has 5 heterocycles. The fourth-order valence-corrected chi connectivity index (χ4v) is 6.94. The standard InChI is InChI=1S/C24H19ClF2N4O2S/c1-2-19(32)31-13-8-14(31)11-29(10-13)23-16-9-17(25)20(15-4-3-12(26)7-18(15)27)22-21(16)30(5-6-34-22)24(33)28-23/h2-4,7,9,13-14H,1,5-6,8,10-11H2/t13-,14?/m0/s1. The second-order valence-corrected chi connectivity index (χ2v) is 10.2. The summed E-state index contributed by atoms with van der Waals surface area (Å²) >= 11 is 8.21. The number of hydrogen-bond donors (Lipinski definition) is 0. The molecule has 0 spiro atoms. The normalized spacial score (nSPS) is 20.9. The number of benzene rings is 2. The fourth-order valence-electron chi connectivity index (χ4n) is 5.38. The number of nitrogens with zero attached hydrogens (tertiary/aromatic N) is 4. The Hall–Kier alpha value is -2.91. The van der Waals surface area contributed by atoms with Crippen molar-refractivity contribution in [1.29, 1.82) is 0 Å². The summed E-state index contributed by atoms with van der Waals surface area (Å²) in [6.45, 7) is 5.16. The van der Waals surface area contributed by atoms with Crippen molar-refractivity contribution in [2.75, 3.05) is 23.7 Å². The van der Waals surface area contributed by atoms with Gasteiger partial charge in [-0.1, -0.05) is 18.2 Å². The van der Waals surface area contributed by atoms with Crippen molar-refractivity contribution in [1.82, 2.24) is 14.5 Å². The highest BCUT2D eigenvalue weighted by atomic mass is 35.5. The van der Waals surface area contributed by atoms with Crippen molar-refractivity contribution in [2.24, 2.45) is 0 Å². The van der Waals surface area contributed by atoms with Crippen LogP contribution in [0.3, 0.4) is 0 Å². The summed E-state index contributed by atoms with van der Waals surface area (Å²) in [7, 11) is 0. The molecule has 4 aliphatic rings. The van der Waals surface area contributed by atoms with Crippen LogP contribution in [-0.4, -0.2) is 51.3 Å². The molecule has 3 aromatic rings. The molecular weight excluding hydrogens is 482 g/mol. The van der Waals surface area contributed by atoms with Crippen molar-refractivity contribution >= 4 is 46.0 Å². The van der Waals surface area contributed by atoms with Crippen LogP contribution in [0.1, 0.15) is 6.42 Å². The molecule has 0 radical (unpaired) electrons. The quantitative estimate of drug-likeness (QED) is 0.507. The van der Waals surface area contributed by atoms with E-state index in [1.54, 1.807) is 10.6 Å². The molecule has 0 aliphatic carbocycles. The van der Waals surface area contributed by atoms with Crippen LogP contribution in [0.15, 0.2) is 46.6 Å². The first kappa shape index (κ1) is 21.6. The number of carbonyl (C=O) groups excluding carboxylic acids is 1. The number of aryl methyl sites for hydroxylation is 1. The van der Waals surface area contributed by atoms with Gasteiger partial charge in [0, 0.05) is 52.9 Å². The third kappa shape index (κ3) is 3.10. The van der Waals surface area contributed by atoms with Gasteiger partial charge in [-0.25, -0.2) is 13.6 Å². The molecule has 1 amide bonds. The Labute approximate surface area is 202 Å². The smallest absolute Gasteiger partial charge is 0.350 e. The Morgan fingerprint density at radius 2 is 2.00 bits per heavy atom. The first-order valence-electron chi connectivity index (χ1n) is 10.9. The number of aromatic nitrogens is 2. The summed E-state index contributed by atoms with van der Waals surface area (Å²) in [5.41, 5.74) is 0.918. The minimum absolute atomic E-state index is 0.0355. The van der Waals surface area contributed by atoms with Gasteiger partial charge in [0.2, 0.25) is 5.91 Å². The van der Waals surface area contributed by atoms with Crippen molar-refractivity contribution in [3.8, 4) is 11.1 Å². The molecule has 34 heavy (non-hydrogen) atoms. The highest BCUT2D eigenvalue weighted by Crippen LogP contribution is 2.47. The highest BCUT2D eigenvalue weighted by Gasteiger charge is 2.47. The number of piperazine rings is 1. The van der Waals surface area contributed by atoms with Crippen molar-refractivity contribution in [3.05, 3.63) is 64.1 Å². The Balaban J connectivity index is 1.52.